The minimum atomic E-state index is -0.558. The van der Waals surface area contributed by atoms with Gasteiger partial charge in [-0.1, -0.05) is 47.5 Å². The summed E-state index contributed by atoms with van der Waals surface area (Å²) in [4.78, 5) is 14.1. The second kappa shape index (κ2) is 10.8. The number of carbonyl (C=O) groups excluding carboxylic acids is 1. The number of nitrogens with one attached hydrogen (secondary N) is 1. The van der Waals surface area contributed by atoms with E-state index in [1.807, 2.05) is 18.2 Å². The van der Waals surface area contributed by atoms with Crippen molar-refractivity contribution < 1.29 is 9.53 Å². The predicted octanol–water partition coefficient (Wildman–Crippen LogP) is 6.93. The molecule has 1 aromatic heterocycles. The van der Waals surface area contributed by atoms with Crippen molar-refractivity contribution in [1.29, 1.82) is 10.5 Å². The van der Waals surface area contributed by atoms with Gasteiger partial charge in [0.05, 0.1) is 15.6 Å². The number of benzene rings is 2. The number of thiophene rings is 1. The zero-order valence-electron chi connectivity index (χ0n) is 18.0. The highest BCUT2D eigenvalue weighted by molar-refractivity contribution is 7.16. The average molecular weight is 508 g/mol. The van der Waals surface area contributed by atoms with Crippen LogP contribution in [0.1, 0.15) is 40.0 Å². The molecule has 4 rings (SSSR count). The van der Waals surface area contributed by atoms with Gasteiger partial charge in [-0.15, -0.1) is 11.3 Å². The Kier molecular flexibility index (Phi) is 7.55. The highest BCUT2D eigenvalue weighted by Crippen LogP contribution is 2.38. The van der Waals surface area contributed by atoms with Gasteiger partial charge in [0.15, 0.2) is 0 Å². The number of ether oxygens (including phenoxy) is 1. The molecule has 1 aliphatic carbocycles. The number of amides is 1. The molecule has 0 unspecified atom stereocenters. The Morgan fingerprint density at radius 1 is 1.12 bits per heavy atom. The zero-order chi connectivity index (χ0) is 24.1. The quantitative estimate of drug-likeness (QED) is 0.289. The molecular weight excluding hydrogens is 489 g/mol. The first-order chi connectivity index (χ1) is 16.5. The summed E-state index contributed by atoms with van der Waals surface area (Å²) in [5.74, 6) is -0.0460. The minimum Gasteiger partial charge on any atom is -0.488 e. The molecule has 3 aromatic rings. The summed E-state index contributed by atoms with van der Waals surface area (Å²) in [5.41, 5.74) is 2.87. The van der Waals surface area contributed by atoms with Gasteiger partial charge < -0.3 is 10.1 Å². The van der Waals surface area contributed by atoms with Gasteiger partial charge in [-0.05, 0) is 61.1 Å². The summed E-state index contributed by atoms with van der Waals surface area (Å²) < 4.78 is 5.92. The van der Waals surface area contributed by atoms with E-state index >= 15 is 0 Å². The smallest absolute Gasteiger partial charge is 0.266 e. The molecule has 34 heavy (non-hydrogen) atoms. The van der Waals surface area contributed by atoms with Crippen molar-refractivity contribution in [3.8, 4) is 17.9 Å². The van der Waals surface area contributed by atoms with E-state index in [0.29, 0.717) is 31.9 Å². The number of hydrogen-bond donors (Lipinski definition) is 1. The lowest BCUT2D eigenvalue weighted by atomic mass is 9.96. The van der Waals surface area contributed by atoms with Crippen molar-refractivity contribution in [2.75, 3.05) is 5.32 Å². The van der Waals surface area contributed by atoms with E-state index in [0.717, 1.165) is 41.7 Å². The highest BCUT2D eigenvalue weighted by atomic mass is 35.5. The van der Waals surface area contributed by atoms with Crippen LogP contribution >= 0.6 is 34.5 Å². The lowest BCUT2D eigenvalue weighted by molar-refractivity contribution is -0.112. The minimum absolute atomic E-state index is 0.0825. The molecule has 0 atom stereocenters. The van der Waals surface area contributed by atoms with Gasteiger partial charge in [-0.25, -0.2) is 0 Å². The second-order valence-electron chi connectivity index (χ2n) is 7.73. The molecule has 0 spiro atoms. The van der Waals surface area contributed by atoms with Gasteiger partial charge in [0.1, 0.15) is 35.1 Å². The van der Waals surface area contributed by atoms with Gasteiger partial charge in [0, 0.05) is 10.4 Å². The molecule has 0 radical (unpaired) electrons. The fourth-order valence-electron chi connectivity index (χ4n) is 3.77. The maximum Gasteiger partial charge on any atom is 0.266 e. The van der Waals surface area contributed by atoms with Crippen LogP contribution in [0.2, 0.25) is 10.0 Å². The van der Waals surface area contributed by atoms with Crippen molar-refractivity contribution in [2.45, 2.75) is 32.3 Å². The van der Waals surface area contributed by atoms with Gasteiger partial charge in [-0.3, -0.25) is 4.79 Å². The van der Waals surface area contributed by atoms with Crippen molar-refractivity contribution in [3.63, 3.8) is 0 Å². The van der Waals surface area contributed by atoms with Crippen LogP contribution in [0.3, 0.4) is 0 Å². The third-order valence-corrected chi connectivity index (χ3v) is 7.42. The lowest BCUT2D eigenvalue weighted by Crippen LogP contribution is -2.13. The van der Waals surface area contributed by atoms with Gasteiger partial charge >= 0.3 is 0 Å². The molecular formula is C26H19Cl2N3O2S. The molecule has 1 N–H and O–H groups in total. The standard InChI is InChI=1S/C26H19Cl2N3O2S/c27-21-10-9-16(11-22(21)28)15-33-23-7-3-1-5-17(23)12-18(13-29)25(32)31-26-20(14-30)19-6-2-4-8-24(19)34-26/h1,3,5,7,9-12H,2,4,6,8,15H2,(H,31,32)/b18-12+. The van der Waals surface area contributed by atoms with Crippen LogP contribution in [0.15, 0.2) is 48.0 Å². The Morgan fingerprint density at radius 2 is 1.91 bits per heavy atom. The number of aryl methyl sites for hydroxylation is 1. The van der Waals surface area contributed by atoms with Crippen LogP contribution in [0, 0.1) is 22.7 Å². The Hall–Kier alpha value is -3.29. The third-order valence-electron chi connectivity index (χ3n) is 5.47. The predicted molar refractivity (Wildman–Crippen MR) is 135 cm³/mol. The normalized spacial score (nSPS) is 12.9. The van der Waals surface area contributed by atoms with Crippen LogP contribution in [-0.4, -0.2) is 5.91 Å². The summed E-state index contributed by atoms with van der Waals surface area (Å²) in [6.45, 7) is 0.238. The van der Waals surface area contributed by atoms with Gasteiger partial charge in [0.2, 0.25) is 0 Å². The first-order valence-corrected chi connectivity index (χ1v) is 12.2. The Balaban J connectivity index is 1.54. The number of fused-ring (bicyclic) bond motifs is 1. The van der Waals surface area contributed by atoms with E-state index in [9.17, 15) is 15.3 Å². The van der Waals surface area contributed by atoms with E-state index in [1.54, 1.807) is 30.3 Å². The maximum atomic E-state index is 12.9. The van der Waals surface area contributed by atoms with Gasteiger partial charge in [-0.2, -0.15) is 10.5 Å². The van der Waals surface area contributed by atoms with Crippen LogP contribution in [0.25, 0.3) is 6.08 Å². The highest BCUT2D eigenvalue weighted by Gasteiger charge is 2.23. The lowest BCUT2D eigenvalue weighted by Gasteiger charge is -2.10. The number of nitriles is 2. The van der Waals surface area contributed by atoms with Crippen molar-refractivity contribution in [3.05, 3.63) is 85.2 Å². The molecule has 2 aromatic carbocycles. The Bertz CT molecular complexity index is 1370. The number of halogens is 2. The molecule has 0 saturated heterocycles. The van der Waals surface area contributed by atoms with Crippen LogP contribution in [-0.2, 0) is 24.2 Å². The molecule has 0 fully saturated rings. The van der Waals surface area contributed by atoms with E-state index in [4.69, 9.17) is 27.9 Å². The van der Waals surface area contributed by atoms with E-state index in [-0.39, 0.29) is 12.2 Å². The third kappa shape index (κ3) is 5.26. The van der Waals surface area contributed by atoms with Crippen molar-refractivity contribution in [2.24, 2.45) is 0 Å². The SMILES string of the molecule is N#C/C(=C\c1ccccc1OCc1ccc(Cl)c(Cl)c1)C(=O)Nc1sc2c(c1C#N)CCCC2. The van der Waals surface area contributed by atoms with Gasteiger partial charge in [0.25, 0.3) is 5.91 Å². The molecule has 1 amide bonds. The topological polar surface area (TPSA) is 85.9 Å². The van der Waals surface area contributed by atoms with E-state index in [2.05, 4.69) is 11.4 Å². The fourth-order valence-corrected chi connectivity index (χ4v) is 5.32. The zero-order valence-corrected chi connectivity index (χ0v) is 20.4. The van der Waals surface area contributed by atoms with Crippen molar-refractivity contribution in [1.82, 2.24) is 0 Å². The molecule has 1 heterocycles. The molecule has 170 valence electrons. The summed E-state index contributed by atoms with van der Waals surface area (Å²) in [6, 6.07) is 16.6. The molecule has 0 bridgehead atoms. The average Bonchev–Trinajstić information content (AvgIpc) is 3.20. The monoisotopic (exact) mass is 507 g/mol. The summed E-state index contributed by atoms with van der Waals surface area (Å²) >= 11 is 13.5. The van der Waals surface area contributed by atoms with Crippen molar-refractivity contribution >= 4 is 51.5 Å². The Labute approximate surface area is 211 Å². The number of carbonyl (C=O) groups is 1. The van der Waals surface area contributed by atoms with Crippen LogP contribution < -0.4 is 10.1 Å². The largest absolute Gasteiger partial charge is 0.488 e. The summed E-state index contributed by atoms with van der Waals surface area (Å²) in [6.07, 6.45) is 5.35. The molecule has 8 heteroatoms. The van der Waals surface area contributed by atoms with E-state index in [1.165, 1.54) is 17.4 Å². The van der Waals surface area contributed by atoms with E-state index < -0.39 is 5.91 Å². The number of nitrogens with zero attached hydrogens (tertiary/aromatic N) is 2. The molecule has 5 nitrogen and oxygen atoms in total. The number of para-hydroxylation sites is 1. The molecule has 1 aliphatic rings. The molecule has 0 aliphatic heterocycles. The second-order valence-corrected chi connectivity index (χ2v) is 9.65. The van der Waals surface area contributed by atoms with Crippen LogP contribution in [0.4, 0.5) is 5.00 Å². The number of hydrogen-bond acceptors (Lipinski definition) is 5. The number of anilines is 1. The maximum absolute atomic E-state index is 12.9. The first-order valence-electron chi connectivity index (χ1n) is 10.6. The number of rotatable bonds is 6. The Morgan fingerprint density at radius 3 is 2.68 bits per heavy atom. The summed E-state index contributed by atoms with van der Waals surface area (Å²) in [5, 5.41) is 23.5. The van der Waals surface area contributed by atoms with Crippen LogP contribution in [0.5, 0.6) is 5.75 Å². The summed E-state index contributed by atoms with van der Waals surface area (Å²) in [7, 11) is 0. The fraction of sp³-hybridized carbons (Fsp3) is 0.192. The molecule has 0 saturated carbocycles. The first kappa shape index (κ1) is 23.9.